The molecule has 11 heteroatoms. The average Bonchev–Trinajstić information content (AvgIpc) is 3.40. The summed E-state index contributed by atoms with van der Waals surface area (Å²) in [5.74, 6) is 0.638. The second kappa shape index (κ2) is 8.40. The Morgan fingerprint density at radius 2 is 2.07 bits per heavy atom. The summed E-state index contributed by atoms with van der Waals surface area (Å²) in [5.41, 5.74) is 2.83. The molecule has 1 saturated heterocycles. The number of aryl methyl sites for hydroxylation is 2. The van der Waals surface area contributed by atoms with Gasteiger partial charge in [-0.1, -0.05) is 6.07 Å². The number of hydrogen-bond acceptors (Lipinski definition) is 7. The molecule has 1 aliphatic rings. The minimum absolute atomic E-state index is 0.0760. The molecule has 9 nitrogen and oxygen atoms in total. The van der Waals surface area contributed by atoms with Crippen LogP contribution in [-0.4, -0.2) is 57.9 Å². The smallest absolute Gasteiger partial charge is 0.252 e. The fourth-order valence-electron chi connectivity index (χ4n) is 3.85. The van der Waals surface area contributed by atoms with E-state index >= 15 is 0 Å². The zero-order valence-corrected chi connectivity index (χ0v) is 18.5. The summed E-state index contributed by atoms with van der Waals surface area (Å²) in [6.07, 6.45) is 3.67. The highest BCUT2D eigenvalue weighted by Gasteiger charge is 2.27. The van der Waals surface area contributed by atoms with Crippen molar-refractivity contribution in [3.05, 3.63) is 40.8 Å². The predicted octanol–water partition coefficient (Wildman–Crippen LogP) is 1.70. The molecule has 0 aromatic carbocycles. The number of rotatable bonds is 6. The molecule has 0 radical (unpaired) electrons. The van der Waals surface area contributed by atoms with E-state index in [1.165, 1.54) is 17.7 Å². The first-order valence-corrected chi connectivity index (χ1v) is 12.2. The van der Waals surface area contributed by atoms with E-state index in [4.69, 9.17) is 0 Å². The molecule has 160 valence electrons. The lowest BCUT2D eigenvalue weighted by Gasteiger charge is -2.32. The Kier molecular flexibility index (Phi) is 5.85. The Morgan fingerprint density at radius 3 is 2.77 bits per heavy atom. The van der Waals surface area contributed by atoms with Gasteiger partial charge in [-0.2, -0.15) is 10.1 Å². The Morgan fingerprint density at radius 1 is 1.30 bits per heavy atom. The second-order valence-electron chi connectivity index (χ2n) is 7.44. The molecule has 1 N–H and O–H groups in total. The standard InChI is InChI=1S/C19H24N6O3S2/c1-13-16(14(2)25-19(22-13)20-12-21-25)5-6-17(26)24-9-7-15(8-10-24)23-30(27,28)18-4-3-11-29-18/h3-4,11-12,15,23H,5-10H2,1-2H3. The van der Waals surface area contributed by atoms with Gasteiger partial charge in [0, 0.05) is 36.9 Å². The van der Waals surface area contributed by atoms with Gasteiger partial charge in [-0.25, -0.2) is 22.6 Å². The van der Waals surface area contributed by atoms with E-state index in [0.717, 1.165) is 17.0 Å². The van der Waals surface area contributed by atoms with Gasteiger partial charge in [0.2, 0.25) is 15.9 Å². The minimum atomic E-state index is -3.48. The van der Waals surface area contributed by atoms with E-state index in [1.54, 1.807) is 22.0 Å². The molecule has 1 fully saturated rings. The van der Waals surface area contributed by atoms with Crippen LogP contribution in [0, 0.1) is 13.8 Å². The van der Waals surface area contributed by atoms with Crippen molar-refractivity contribution in [2.75, 3.05) is 13.1 Å². The molecular weight excluding hydrogens is 424 g/mol. The van der Waals surface area contributed by atoms with E-state index in [9.17, 15) is 13.2 Å². The molecule has 0 saturated carbocycles. The van der Waals surface area contributed by atoms with E-state index in [2.05, 4.69) is 19.8 Å². The molecule has 0 atom stereocenters. The molecule has 1 aliphatic heterocycles. The number of nitrogens with one attached hydrogen (secondary N) is 1. The van der Waals surface area contributed by atoms with Gasteiger partial charge < -0.3 is 4.90 Å². The molecular formula is C19H24N6O3S2. The van der Waals surface area contributed by atoms with Crippen LogP contribution in [-0.2, 0) is 21.2 Å². The van der Waals surface area contributed by atoms with Gasteiger partial charge in [0.1, 0.15) is 10.5 Å². The minimum Gasteiger partial charge on any atom is -0.343 e. The molecule has 0 spiro atoms. The number of amides is 1. The number of thiophene rings is 1. The number of likely N-dealkylation sites (tertiary alicyclic amines) is 1. The SMILES string of the molecule is Cc1nc2ncnn2c(C)c1CCC(=O)N1CCC(NS(=O)(=O)c2cccs2)CC1. The summed E-state index contributed by atoms with van der Waals surface area (Å²) in [6.45, 7) is 4.98. The maximum atomic E-state index is 12.7. The summed E-state index contributed by atoms with van der Waals surface area (Å²) in [6, 6.07) is 3.17. The third-order valence-electron chi connectivity index (χ3n) is 5.51. The molecule has 0 unspecified atom stereocenters. The van der Waals surface area contributed by atoms with Gasteiger partial charge in [-0.3, -0.25) is 4.79 Å². The summed E-state index contributed by atoms with van der Waals surface area (Å²) in [4.78, 5) is 23.1. The van der Waals surface area contributed by atoms with E-state index in [-0.39, 0.29) is 11.9 Å². The van der Waals surface area contributed by atoms with Gasteiger partial charge in [0.25, 0.3) is 5.78 Å². The van der Waals surface area contributed by atoms with Gasteiger partial charge in [0.05, 0.1) is 0 Å². The van der Waals surface area contributed by atoms with Crippen LogP contribution in [0.1, 0.15) is 36.2 Å². The Bertz CT molecular complexity index is 1150. The van der Waals surface area contributed by atoms with Gasteiger partial charge >= 0.3 is 0 Å². The number of hydrogen-bond donors (Lipinski definition) is 1. The summed E-state index contributed by atoms with van der Waals surface area (Å²) in [5, 5.41) is 5.93. The van der Waals surface area contributed by atoms with Crippen molar-refractivity contribution >= 4 is 33.0 Å². The Hall–Kier alpha value is -2.37. The average molecular weight is 449 g/mol. The lowest BCUT2D eigenvalue weighted by molar-refractivity contribution is -0.132. The van der Waals surface area contributed by atoms with Gasteiger partial charge in [0.15, 0.2) is 0 Å². The third kappa shape index (κ3) is 4.23. The number of carbonyl (C=O) groups excluding carboxylic acids is 1. The van der Waals surface area contributed by atoms with Crippen LogP contribution >= 0.6 is 11.3 Å². The Balaban J connectivity index is 1.32. The van der Waals surface area contributed by atoms with E-state index in [0.29, 0.717) is 48.8 Å². The van der Waals surface area contributed by atoms with Crippen molar-refractivity contribution in [2.24, 2.45) is 0 Å². The number of fused-ring (bicyclic) bond motifs is 1. The van der Waals surface area contributed by atoms with Crippen LogP contribution < -0.4 is 4.72 Å². The molecule has 0 bridgehead atoms. The van der Waals surface area contributed by atoms with E-state index < -0.39 is 10.0 Å². The van der Waals surface area contributed by atoms with Crippen LogP contribution in [0.2, 0.25) is 0 Å². The number of sulfonamides is 1. The summed E-state index contributed by atoms with van der Waals surface area (Å²) >= 11 is 1.20. The second-order valence-corrected chi connectivity index (χ2v) is 10.3. The van der Waals surface area contributed by atoms with Crippen molar-refractivity contribution < 1.29 is 13.2 Å². The molecule has 0 aliphatic carbocycles. The first kappa shape index (κ1) is 20.9. The highest BCUT2D eigenvalue weighted by atomic mass is 32.2. The van der Waals surface area contributed by atoms with Crippen molar-refractivity contribution in [1.82, 2.24) is 29.2 Å². The number of piperidine rings is 1. The van der Waals surface area contributed by atoms with Crippen molar-refractivity contribution in [3.63, 3.8) is 0 Å². The molecule has 4 rings (SSSR count). The lowest BCUT2D eigenvalue weighted by Crippen LogP contribution is -2.46. The quantitative estimate of drug-likeness (QED) is 0.615. The number of nitrogens with zero attached hydrogens (tertiary/aromatic N) is 5. The maximum absolute atomic E-state index is 12.7. The zero-order chi connectivity index (χ0) is 21.3. The topological polar surface area (TPSA) is 110 Å². The van der Waals surface area contributed by atoms with Gasteiger partial charge in [-0.15, -0.1) is 11.3 Å². The largest absolute Gasteiger partial charge is 0.343 e. The molecule has 30 heavy (non-hydrogen) atoms. The van der Waals surface area contributed by atoms with Crippen LogP contribution in [0.5, 0.6) is 0 Å². The highest BCUT2D eigenvalue weighted by molar-refractivity contribution is 7.91. The highest BCUT2D eigenvalue weighted by Crippen LogP contribution is 2.20. The Labute approximate surface area is 179 Å². The molecule has 3 aromatic rings. The van der Waals surface area contributed by atoms with Crippen molar-refractivity contribution in [1.29, 1.82) is 0 Å². The fraction of sp³-hybridized carbons (Fsp3) is 0.474. The monoisotopic (exact) mass is 448 g/mol. The fourth-order valence-corrected chi connectivity index (χ4v) is 6.16. The first-order chi connectivity index (χ1) is 14.3. The summed E-state index contributed by atoms with van der Waals surface area (Å²) in [7, 11) is -3.48. The van der Waals surface area contributed by atoms with Crippen molar-refractivity contribution in [2.45, 2.75) is 49.8 Å². The third-order valence-corrected chi connectivity index (χ3v) is 8.42. The van der Waals surface area contributed by atoms with Crippen molar-refractivity contribution in [3.8, 4) is 0 Å². The maximum Gasteiger partial charge on any atom is 0.252 e. The predicted molar refractivity (Wildman–Crippen MR) is 113 cm³/mol. The first-order valence-electron chi connectivity index (χ1n) is 9.84. The van der Waals surface area contributed by atoms with E-state index in [1.807, 2.05) is 18.7 Å². The van der Waals surface area contributed by atoms with Crippen LogP contribution in [0.25, 0.3) is 5.78 Å². The lowest BCUT2D eigenvalue weighted by atomic mass is 10.0. The van der Waals surface area contributed by atoms with Gasteiger partial charge in [-0.05, 0) is 50.1 Å². The molecule has 4 heterocycles. The van der Waals surface area contributed by atoms with Crippen LogP contribution in [0.4, 0.5) is 0 Å². The number of aromatic nitrogens is 4. The molecule has 3 aromatic heterocycles. The van der Waals surface area contributed by atoms with Crippen LogP contribution in [0.3, 0.4) is 0 Å². The van der Waals surface area contributed by atoms with Crippen LogP contribution in [0.15, 0.2) is 28.0 Å². The number of carbonyl (C=O) groups is 1. The zero-order valence-electron chi connectivity index (χ0n) is 16.9. The normalized spacial score (nSPS) is 15.7. The summed E-state index contributed by atoms with van der Waals surface area (Å²) < 4.78 is 29.5. The molecule has 1 amide bonds.